The van der Waals surface area contributed by atoms with Crippen LogP contribution in [0.25, 0.3) is 0 Å². The highest BCUT2D eigenvalue weighted by Crippen LogP contribution is 2.02. The second-order valence-electron chi connectivity index (χ2n) is 5.10. The van der Waals surface area contributed by atoms with Crippen molar-refractivity contribution in [2.75, 3.05) is 33.7 Å². The van der Waals surface area contributed by atoms with E-state index in [2.05, 4.69) is 15.6 Å². The maximum absolute atomic E-state index is 12.8. The number of guanidine groups is 1. The molecule has 1 aromatic carbocycles. The molecule has 1 amide bonds. The summed E-state index contributed by atoms with van der Waals surface area (Å²) < 4.78 is 12.8. The summed E-state index contributed by atoms with van der Waals surface area (Å²) in [5.74, 6) is 0.527. The number of halogens is 1. The quantitative estimate of drug-likeness (QED) is 0.591. The summed E-state index contributed by atoms with van der Waals surface area (Å²) in [6.07, 6.45) is 1.17. The topological polar surface area (TPSA) is 56.7 Å². The minimum atomic E-state index is -0.225. The first kappa shape index (κ1) is 17.9. The monoisotopic (exact) mass is 308 g/mol. The van der Waals surface area contributed by atoms with Crippen molar-refractivity contribution in [1.82, 2.24) is 15.5 Å². The number of rotatable bonds is 7. The fourth-order valence-corrected chi connectivity index (χ4v) is 1.81. The van der Waals surface area contributed by atoms with E-state index in [1.165, 1.54) is 12.1 Å². The normalized spacial score (nSPS) is 11.2. The standard InChI is InChI=1S/C16H25FN4O/c1-4-18-16(20-12-10-15(22)21(2)3)19-11-9-13-5-7-14(17)8-6-13/h5-8H,4,9-12H2,1-3H3,(H2,18,19,20). The van der Waals surface area contributed by atoms with Crippen molar-refractivity contribution in [1.29, 1.82) is 0 Å². The van der Waals surface area contributed by atoms with E-state index in [1.54, 1.807) is 31.1 Å². The second-order valence-corrected chi connectivity index (χ2v) is 5.10. The molecule has 22 heavy (non-hydrogen) atoms. The minimum absolute atomic E-state index is 0.0610. The Kier molecular flexibility index (Phi) is 7.96. The van der Waals surface area contributed by atoms with Crippen molar-refractivity contribution >= 4 is 11.9 Å². The van der Waals surface area contributed by atoms with Crippen molar-refractivity contribution in [3.8, 4) is 0 Å². The van der Waals surface area contributed by atoms with Crippen molar-refractivity contribution < 1.29 is 9.18 Å². The molecule has 6 heteroatoms. The number of carbonyl (C=O) groups excluding carboxylic acids is 1. The SMILES string of the molecule is CCNC(=NCCC(=O)N(C)C)NCCc1ccc(F)cc1. The van der Waals surface area contributed by atoms with E-state index in [4.69, 9.17) is 0 Å². The summed E-state index contributed by atoms with van der Waals surface area (Å²) in [7, 11) is 3.47. The molecule has 0 atom stereocenters. The minimum Gasteiger partial charge on any atom is -0.357 e. The van der Waals surface area contributed by atoms with Crippen LogP contribution < -0.4 is 10.6 Å². The average Bonchev–Trinajstić information content (AvgIpc) is 2.49. The van der Waals surface area contributed by atoms with Crippen LogP contribution in [0, 0.1) is 5.82 Å². The van der Waals surface area contributed by atoms with Gasteiger partial charge in [-0.1, -0.05) is 12.1 Å². The molecule has 0 unspecified atom stereocenters. The Morgan fingerprint density at radius 3 is 2.50 bits per heavy atom. The van der Waals surface area contributed by atoms with Gasteiger partial charge in [0.25, 0.3) is 0 Å². The van der Waals surface area contributed by atoms with Crippen molar-refractivity contribution in [2.45, 2.75) is 19.8 Å². The van der Waals surface area contributed by atoms with Gasteiger partial charge in [-0.25, -0.2) is 4.39 Å². The Balaban J connectivity index is 2.39. The number of aliphatic imine (C=N–C) groups is 1. The van der Waals surface area contributed by atoms with Gasteiger partial charge in [-0.05, 0) is 31.0 Å². The van der Waals surface area contributed by atoms with Crippen LogP contribution in [0.5, 0.6) is 0 Å². The third-order valence-corrected chi connectivity index (χ3v) is 3.06. The first-order valence-electron chi connectivity index (χ1n) is 7.49. The summed E-state index contributed by atoms with van der Waals surface area (Å²) in [4.78, 5) is 17.4. The molecule has 0 aliphatic rings. The van der Waals surface area contributed by atoms with Gasteiger partial charge in [-0.15, -0.1) is 0 Å². The average molecular weight is 308 g/mol. The highest BCUT2D eigenvalue weighted by atomic mass is 19.1. The van der Waals surface area contributed by atoms with Crippen LogP contribution in [0.4, 0.5) is 4.39 Å². The number of amides is 1. The zero-order valence-electron chi connectivity index (χ0n) is 13.5. The summed E-state index contributed by atoms with van der Waals surface area (Å²) in [6, 6.07) is 6.47. The van der Waals surface area contributed by atoms with Crippen LogP contribution in [0.3, 0.4) is 0 Å². The predicted molar refractivity (Wildman–Crippen MR) is 87.4 cm³/mol. The van der Waals surface area contributed by atoms with Gasteiger partial charge in [0.2, 0.25) is 5.91 Å². The van der Waals surface area contributed by atoms with E-state index in [0.29, 0.717) is 25.5 Å². The van der Waals surface area contributed by atoms with E-state index in [-0.39, 0.29) is 11.7 Å². The van der Waals surface area contributed by atoms with Gasteiger partial charge in [0.05, 0.1) is 6.54 Å². The largest absolute Gasteiger partial charge is 0.357 e. The van der Waals surface area contributed by atoms with Crippen LogP contribution in [-0.4, -0.2) is 50.5 Å². The number of nitrogens with one attached hydrogen (secondary N) is 2. The molecule has 2 N–H and O–H groups in total. The lowest BCUT2D eigenvalue weighted by Crippen LogP contribution is -2.38. The molecule has 0 radical (unpaired) electrons. The molecule has 1 rings (SSSR count). The van der Waals surface area contributed by atoms with Gasteiger partial charge in [0, 0.05) is 33.6 Å². The van der Waals surface area contributed by atoms with Crippen LogP contribution in [0.1, 0.15) is 18.9 Å². The van der Waals surface area contributed by atoms with Gasteiger partial charge < -0.3 is 15.5 Å². The van der Waals surface area contributed by atoms with E-state index in [1.807, 2.05) is 6.92 Å². The molecule has 0 saturated heterocycles. The Hall–Kier alpha value is -2.11. The fraction of sp³-hybridized carbons (Fsp3) is 0.500. The van der Waals surface area contributed by atoms with E-state index < -0.39 is 0 Å². The Morgan fingerprint density at radius 1 is 1.23 bits per heavy atom. The molecule has 1 aromatic rings. The van der Waals surface area contributed by atoms with Crippen LogP contribution in [-0.2, 0) is 11.2 Å². The molecule has 0 aliphatic heterocycles. The van der Waals surface area contributed by atoms with Gasteiger partial charge in [-0.3, -0.25) is 9.79 Å². The molecule has 0 fully saturated rings. The molecule has 5 nitrogen and oxygen atoms in total. The Labute approximate surface area is 131 Å². The van der Waals surface area contributed by atoms with Crippen molar-refractivity contribution in [3.05, 3.63) is 35.6 Å². The smallest absolute Gasteiger partial charge is 0.223 e. The number of carbonyl (C=O) groups is 1. The zero-order valence-corrected chi connectivity index (χ0v) is 13.5. The maximum atomic E-state index is 12.8. The number of benzene rings is 1. The first-order valence-corrected chi connectivity index (χ1v) is 7.49. The molecule has 0 bridgehead atoms. The van der Waals surface area contributed by atoms with Crippen molar-refractivity contribution in [2.24, 2.45) is 4.99 Å². The summed E-state index contributed by atoms with van der Waals surface area (Å²) in [6.45, 7) is 3.88. The summed E-state index contributed by atoms with van der Waals surface area (Å²) in [5.41, 5.74) is 1.06. The van der Waals surface area contributed by atoms with Gasteiger partial charge in [0.1, 0.15) is 5.82 Å². The van der Waals surface area contributed by atoms with E-state index in [0.717, 1.165) is 18.5 Å². The number of hydrogen-bond acceptors (Lipinski definition) is 2. The van der Waals surface area contributed by atoms with Gasteiger partial charge in [0.15, 0.2) is 5.96 Å². The van der Waals surface area contributed by atoms with Crippen molar-refractivity contribution in [3.63, 3.8) is 0 Å². The summed E-state index contributed by atoms with van der Waals surface area (Å²) in [5, 5.41) is 6.34. The molecule has 0 aliphatic carbocycles. The third-order valence-electron chi connectivity index (χ3n) is 3.06. The molecule has 0 aromatic heterocycles. The lowest BCUT2D eigenvalue weighted by Gasteiger charge is -2.12. The van der Waals surface area contributed by atoms with E-state index >= 15 is 0 Å². The molecule has 0 spiro atoms. The van der Waals surface area contributed by atoms with Crippen LogP contribution in [0.2, 0.25) is 0 Å². The zero-order chi connectivity index (χ0) is 16.4. The fourth-order valence-electron chi connectivity index (χ4n) is 1.81. The van der Waals surface area contributed by atoms with Crippen LogP contribution >= 0.6 is 0 Å². The number of nitrogens with zero attached hydrogens (tertiary/aromatic N) is 2. The third kappa shape index (κ3) is 7.06. The van der Waals surface area contributed by atoms with Crippen LogP contribution in [0.15, 0.2) is 29.3 Å². The highest BCUT2D eigenvalue weighted by Gasteiger charge is 2.03. The Morgan fingerprint density at radius 2 is 1.91 bits per heavy atom. The predicted octanol–water partition coefficient (Wildman–Crippen LogP) is 1.40. The molecule has 0 saturated carbocycles. The highest BCUT2D eigenvalue weighted by molar-refractivity contribution is 5.80. The van der Waals surface area contributed by atoms with Gasteiger partial charge >= 0.3 is 0 Å². The molecule has 122 valence electrons. The lowest BCUT2D eigenvalue weighted by molar-refractivity contribution is -0.128. The van der Waals surface area contributed by atoms with E-state index in [9.17, 15) is 9.18 Å². The Bertz CT molecular complexity index is 485. The number of hydrogen-bond donors (Lipinski definition) is 2. The first-order chi connectivity index (χ1) is 10.5. The molecular formula is C16H25FN4O. The second kappa shape index (κ2) is 9.76. The lowest BCUT2D eigenvalue weighted by atomic mass is 10.1. The molecular weight excluding hydrogens is 283 g/mol. The molecule has 0 heterocycles. The van der Waals surface area contributed by atoms with Gasteiger partial charge in [-0.2, -0.15) is 0 Å². The maximum Gasteiger partial charge on any atom is 0.223 e. The summed E-state index contributed by atoms with van der Waals surface area (Å²) >= 11 is 0.